The molecule has 0 aliphatic heterocycles. The summed E-state index contributed by atoms with van der Waals surface area (Å²) >= 11 is 3.22. The summed E-state index contributed by atoms with van der Waals surface area (Å²) in [4.78, 5) is 10.6. The topological polar surface area (TPSA) is 75.4 Å². The number of anilines is 1. The molecule has 5 nitrogen and oxygen atoms in total. The van der Waals surface area contributed by atoms with Gasteiger partial charge in [-0.05, 0) is 36.2 Å². The number of hydrogen-bond donors (Lipinski definition) is 2. The van der Waals surface area contributed by atoms with E-state index in [2.05, 4.69) is 21.2 Å². The SMILES string of the molecule is O=[N+]([O-])c1cc(Br)ccc1NCCc1ccc(O)cc1. The van der Waals surface area contributed by atoms with Gasteiger partial charge < -0.3 is 10.4 Å². The minimum atomic E-state index is -0.409. The maximum absolute atomic E-state index is 11.0. The molecule has 0 fully saturated rings. The van der Waals surface area contributed by atoms with Gasteiger partial charge in [-0.15, -0.1) is 0 Å². The highest BCUT2D eigenvalue weighted by atomic mass is 79.9. The molecular formula is C14H13BrN2O3. The molecule has 0 saturated carbocycles. The molecule has 0 radical (unpaired) electrons. The average Bonchev–Trinajstić information content (AvgIpc) is 2.42. The summed E-state index contributed by atoms with van der Waals surface area (Å²) in [5.74, 6) is 0.227. The van der Waals surface area contributed by atoms with E-state index < -0.39 is 4.92 Å². The summed E-state index contributed by atoms with van der Waals surface area (Å²) in [7, 11) is 0. The smallest absolute Gasteiger partial charge is 0.293 e. The number of aromatic hydroxyl groups is 1. The Morgan fingerprint density at radius 1 is 1.20 bits per heavy atom. The maximum atomic E-state index is 11.0. The highest BCUT2D eigenvalue weighted by Crippen LogP contribution is 2.27. The quantitative estimate of drug-likeness (QED) is 0.644. The number of rotatable bonds is 5. The van der Waals surface area contributed by atoms with Crippen LogP contribution in [0.1, 0.15) is 5.56 Å². The van der Waals surface area contributed by atoms with Crippen molar-refractivity contribution in [2.45, 2.75) is 6.42 Å². The number of nitro benzene ring substituents is 1. The number of nitrogens with zero attached hydrogens (tertiary/aromatic N) is 1. The largest absolute Gasteiger partial charge is 0.508 e. The van der Waals surface area contributed by atoms with Crippen molar-refractivity contribution in [2.75, 3.05) is 11.9 Å². The predicted octanol–water partition coefficient (Wildman–Crippen LogP) is 3.72. The number of halogens is 1. The van der Waals surface area contributed by atoms with Crippen molar-refractivity contribution < 1.29 is 10.0 Å². The molecule has 0 aliphatic rings. The number of benzene rings is 2. The minimum Gasteiger partial charge on any atom is -0.508 e. The van der Waals surface area contributed by atoms with Crippen LogP contribution in [-0.2, 0) is 6.42 Å². The molecule has 104 valence electrons. The van der Waals surface area contributed by atoms with Gasteiger partial charge in [-0.1, -0.05) is 28.1 Å². The fraction of sp³-hybridized carbons (Fsp3) is 0.143. The molecule has 0 atom stereocenters. The van der Waals surface area contributed by atoms with Gasteiger partial charge in [-0.3, -0.25) is 10.1 Å². The Kier molecular flexibility index (Phi) is 4.57. The van der Waals surface area contributed by atoms with Crippen LogP contribution in [0, 0.1) is 10.1 Å². The van der Waals surface area contributed by atoms with Gasteiger partial charge in [-0.25, -0.2) is 0 Å². The van der Waals surface area contributed by atoms with Gasteiger partial charge in [0.25, 0.3) is 5.69 Å². The Morgan fingerprint density at radius 2 is 1.90 bits per heavy atom. The van der Waals surface area contributed by atoms with E-state index in [1.54, 1.807) is 24.3 Å². The van der Waals surface area contributed by atoms with Gasteiger partial charge in [0.05, 0.1) is 4.92 Å². The van der Waals surface area contributed by atoms with E-state index in [1.807, 2.05) is 12.1 Å². The molecule has 2 rings (SSSR count). The van der Waals surface area contributed by atoms with Crippen LogP contribution in [0.25, 0.3) is 0 Å². The Labute approximate surface area is 124 Å². The van der Waals surface area contributed by atoms with E-state index in [-0.39, 0.29) is 11.4 Å². The van der Waals surface area contributed by atoms with Gasteiger partial charge in [0.15, 0.2) is 0 Å². The lowest BCUT2D eigenvalue weighted by molar-refractivity contribution is -0.384. The summed E-state index contributed by atoms with van der Waals surface area (Å²) in [5, 5.41) is 23.2. The van der Waals surface area contributed by atoms with Crippen molar-refractivity contribution in [1.82, 2.24) is 0 Å². The van der Waals surface area contributed by atoms with E-state index in [0.29, 0.717) is 23.1 Å². The monoisotopic (exact) mass is 336 g/mol. The van der Waals surface area contributed by atoms with Gasteiger partial charge in [-0.2, -0.15) is 0 Å². The molecule has 0 amide bonds. The first-order chi connectivity index (χ1) is 9.56. The number of nitrogens with one attached hydrogen (secondary N) is 1. The van der Waals surface area contributed by atoms with Crippen molar-refractivity contribution >= 4 is 27.3 Å². The Bertz CT molecular complexity index is 614. The average molecular weight is 337 g/mol. The van der Waals surface area contributed by atoms with Crippen molar-refractivity contribution in [3.8, 4) is 5.75 Å². The van der Waals surface area contributed by atoms with Crippen LogP contribution in [0.4, 0.5) is 11.4 Å². The molecule has 0 heterocycles. The summed E-state index contributed by atoms with van der Waals surface area (Å²) in [6, 6.07) is 11.8. The van der Waals surface area contributed by atoms with Crippen molar-refractivity contribution in [1.29, 1.82) is 0 Å². The molecule has 6 heteroatoms. The van der Waals surface area contributed by atoms with Crippen LogP contribution in [0.5, 0.6) is 5.75 Å². The van der Waals surface area contributed by atoms with E-state index in [4.69, 9.17) is 0 Å². The third-order valence-corrected chi connectivity index (χ3v) is 3.32. The summed E-state index contributed by atoms with van der Waals surface area (Å²) in [6.07, 6.45) is 0.716. The molecule has 0 unspecified atom stereocenters. The van der Waals surface area contributed by atoms with Crippen LogP contribution in [0.3, 0.4) is 0 Å². The van der Waals surface area contributed by atoms with Crippen LogP contribution >= 0.6 is 15.9 Å². The van der Waals surface area contributed by atoms with Gasteiger partial charge in [0.1, 0.15) is 11.4 Å². The van der Waals surface area contributed by atoms with Gasteiger partial charge in [0, 0.05) is 17.1 Å². The first-order valence-corrected chi connectivity index (χ1v) is 6.81. The molecule has 0 aliphatic carbocycles. The predicted molar refractivity (Wildman–Crippen MR) is 81.1 cm³/mol. The lowest BCUT2D eigenvalue weighted by Crippen LogP contribution is -2.06. The number of nitro groups is 1. The first kappa shape index (κ1) is 14.3. The van der Waals surface area contributed by atoms with Crippen LogP contribution in [0.15, 0.2) is 46.9 Å². The lowest BCUT2D eigenvalue weighted by atomic mass is 10.1. The summed E-state index contributed by atoms with van der Waals surface area (Å²) in [6.45, 7) is 0.577. The standard InChI is InChI=1S/C14H13BrN2O3/c15-11-3-6-13(14(9-11)17(19)20)16-8-7-10-1-4-12(18)5-2-10/h1-6,9,16,18H,7-8H2. The fourth-order valence-corrected chi connectivity index (χ4v) is 2.16. The van der Waals surface area contributed by atoms with Crippen molar-refractivity contribution in [2.24, 2.45) is 0 Å². The van der Waals surface area contributed by atoms with E-state index in [0.717, 1.165) is 5.56 Å². The zero-order valence-electron chi connectivity index (χ0n) is 10.5. The second-order valence-corrected chi connectivity index (χ2v) is 5.18. The van der Waals surface area contributed by atoms with Crippen molar-refractivity contribution in [3.63, 3.8) is 0 Å². The Hall–Kier alpha value is -2.08. The zero-order valence-corrected chi connectivity index (χ0v) is 12.1. The molecule has 0 bridgehead atoms. The van der Waals surface area contributed by atoms with Crippen LogP contribution < -0.4 is 5.32 Å². The number of phenols is 1. The van der Waals surface area contributed by atoms with Gasteiger partial charge >= 0.3 is 0 Å². The van der Waals surface area contributed by atoms with E-state index >= 15 is 0 Å². The Morgan fingerprint density at radius 3 is 2.55 bits per heavy atom. The van der Waals surface area contributed by atoms with Crippen LogP contribution in [0.2, 0.25) is 0 Å². The molecule has 0 aromatic heterocycles. The number of hydrogen-bond acceptors (Lipinski definition) is 4. The summed E-state index contributed by atoms with van der Waals surface area (Å²) in [5.41, 5.74) is 1.59. The molecule has 0 spiro atoms. The summed E-state index contributed by atoms with van der Waals surface area (Å²) < 4.78 is 0.674. The second-order valence-electron chi connectivity index (χ2n) is 4.26. The second kappa shape index (κ2) is 6.38. The zero-order chi connectivity index (χ0) is 14.5. The van der Waals surface area contributed by atoms with Crippen molar-refractivity contribution in [3.05, 3.63) is 62.6 Å². The minimum absolute atomic E-state index is 0.0464. The van der Waals surface area contributed by atoms with Gasteiger partial charge in [0.2, 0.25) is 0 Å². The first-order valence-electron chi connectivity index (χ1n) is 6.02. The third kappa shape index (κ3) is 3.71. The lowest BCUT2D eigenvalue weighted by Gasteiger charge is -2.07. The molecule has 2 N–H and O–H groups in total. The molecule has 20 heavy (non-hydrogen) atoms. The normalized spacial score (nSPS) is 10.2. The highest BCUT2D eigenvalue weighted by Gasteiger charge is 2.13. The fourth-order valence-electron chi connectivity index (χ4n) is 1.81. The molecule has 2 aromatic carbocycles. The maximum Gasteiger partial charge on any atom is 0.293 e. The van der Waals surface area contributed by atoms with Crippen LogP contribution in [-0.4, -0.2) is 16.6 Å². The van der Waals surface area contributed by atoms with E-state index in [9.17, 15) is 15.2 Å². The molecule has 0 saturated heterocycles. The molecular weight excluding hydrogens is 324 g/mol. The number of phenolic OH excluding ortho intramolecular Hbond substituents is 1. The highest BCUT2D eigenvalue weighted by molar-refractivity contribution is 9.10. The van der Waals surface area contributed by atoms with E-state index in [1.165, 1.54) is 6.07 Å². The Balaban J connectivity index is 2.00. The molecule has 2 aromatic rings. The third-order valence-electron chi connectivity index (χ3n) is 2.82.